The summed E-state index contributed by atoms with van der Waals surface area (Å²) in [5.74, 6) is -4.02. The molecule has 0 unspecified atom stereocenters. The first-order valence-corrected chi connectivity index (χ1v) is 14.6. The minimum absolute atomic E-state index is 0.0455. The molecular formula is C31H24F6N4O4S. The summed E-state index contributed by atoms with van der Waals surface area (Å²) in [7, 11) is 0. The van der Waals surface area contributed by atoms with E-state index in [1.165, 1.54) is 12.1 Å². The van der Waals surface area contributed by atoms with Crippen LogP contribution >= 0.6 is 11.3 Å². The number of hydrogen-bond acceptors (Lipinski definition) is 7. The van der Waals surface area contributed by atoms with E-state index in [9.17, 15) is 27.5 Å². The largest absolute Gasteiger partial charge is 0.478 e. The highest BCUT2D eigenvalue weighted by atomic mass is 32.1. The van der Waals surface area contributed by atoms with Gasteiger partial charge in [-0.2, -0.15) is 13.2 Å². The van der Waals surface area contributed by atoms with Gasteiger partial charge in [0.1, 0.15) is 34.0 Å². The highest BCUT2D eigenvalue weighted by Crippen LogP contribution is 2.41. The Balaban J connectivity index is 1.31. The van der Waals surface area contributed by atoms with Crippen LogP contribution in [0.5, 0.6) is 5.88 Å². The number of hydrogen-bond donors (Lipinski definition) is 1. The van der Waals surface area contributed by atoms with E-state index in [0.29, 0.717) is 47.6 Å². The van der Waals surface area contributed by atoms with Crippen molar-refractivity contribution in [3.05, 3.63) is 92.9 Å². The molecule has 2 aromatic carbocycles. The van der Waals surface area contributed by atoms with E-state index < -0.39 is 47.0 Å². The average Bonchev–Trinajstić information content (AvgIpc) is 3.70. The summed E-state index contributed by atoms with van der Waals surface area (Å²) in [5, 5.41) is 9.47. The van der Waals surface area contributed by atoms with Crippen LogP contribution in [0.15, 0.2) is 48.7 Å². The fourth-order valence-corrected chi connectivity index (χ4v) is 6.03. The van der Waals surface area contributed by atoms with Gasteiger partial charge < -0.3 is 19.1 Å². The number of alkyl halides is 3. The lowest BCUT2D eigenvalue weighted by atomic mass is 9.87. The quantitative estimate of drug-likeness (QED) is 0.172. The summed E-state index contributed by atoms with van der Waals surface area (Å²) in [4.78, 5) is 22.9. The summed E-state index contributed by atoms with van der Waals surface area (Å²) < 4.78 is 96.9. The van der Waals surface area contributed by atoms with Gasteiger partial charge in [-0.05, 0) is 48.0 Å². The lowest BCUT2D eigenvalue weighted by Gasteiger charge is -2.28. The van der Waals surface area contributed by atoms with Gasteiger partial charge in [0.05, 0.1) is 47.7 Å². The predicted molar refractivity (Wildman–Crippen MR) is 154 cm³/mol. The van der Waals surface area contributed by atoms with Gasteiger partial charge >= 0.3 is 12.1 Å². The highest BCUT2D eigenvalue weighted by molar-refractivity contribution is 7.11. The third kappa shape index (κ3) is 6.03. The predicted octanol–water partition coefficient (Wildman–Crippen LogP) is 7.46. The number of halogens is 6. The lowest BCUT2D eigenvalue weighted by Crippen LogP contribution is -2.27. The molecule has 15 heteroatoms. The molecule has 3 aromatic heterocycles. The van der Waals surface area contributed by atoms with Gasteiger partial charge in [0.25, 0.3) is 5.88 Å². The maximum absolute atomic E-state index is 15.6. The summed E-state index contributed by atoms with van der Waals surface area (Å²) >= 11 is 0.323. The van der Waals surface area contributed by atoms with Gasteiger partial charge in [0.15, 0.2) is 5.82 Å². The Hall–Kier alpha value is -4.50. The van der Waals surface area contributed by atoms with Crippen molar-refractivity contribution in [1.29, 1.82) is 0 Å². The number of carbonyl (C=O) groups is 1. The summed E-state index contributed by atoms with van der Waals surface area (Å²) in [6.07, 6.45) is -4.11. The first kappa shape index (κ1) is 31.5. The molecule has 8 nitrogen and oxygen atoms in total. The molecule has 0 radical (unpaired) electrons. The molecular weight excluding hydrogens is 638 g/mol. The molecule has 240 valence electrons. The Morgan fingerprint density at radius 2 is 1.87 bits per heavy atom. The van der Waals surface area contributed by atoms with Crippen molar-refractivity contribution in [2.75, 3.05) is 13.2 Å². The standard InChI is InChI=1S/C31H24F6N4O4S/c1-30(2)14-44-12-24(30)41-23-8-15(29(42)43)3-5-22(23)39-26(41)9-16-7-20(34)17(10-19(16)33)21-6-4-18(32)28(40-21)45-13-27-38-11-25(46-27)31(35,36)37/h3-8,10-11,24H,9,12-14H2,1-2H3,(H,42,43)/t24-/m1/s1. The van der Waals surface area contributed by atoms with E-state index >= 15 is 8.78 Å². The smallest absolute Gasteiger partial charge is 0.427 e. The van der Waals surface area contributed by atoms with Crippen LogP contribution in [0.3, 0.4) is 0 Å². The first-order valence-electron chi connectivity index (χ1n) is 13.8. The molecule has 0 spiro atoms. The minimum atomic E-state index is -4.59. The van der Waals surface area contributed by atoms with Crippen LogP contribution < -0.4 is 4.74 Å². The number of thiazole rings is 1. The minimum Gasteiger partial charge on any atom is -0.478 e. The van der Waals surface area contributed by atoms with Crippen molar-refractivity contribution in [3.63, 3.8) is 0 Å². The first-order chi connectivity index (χ1) is 21.7. The van der Waals surface area contributed by atoms with Crippen LogP contribution in [-0.4, -0.2) is 43.8 Å². The number of carboxylic acids is 1. The van der Waals surface area contributed by atoms with Crippen LogP contribution in [0.2, 0.25) is 0 Å². The Labute approximate surface area is 261 Å². The van der Waals surface area contributed by atoms with Crippen molar-refractivity contribution in [2.45, 2.75) is 39.1 Å². The number of aromatic carboxylic acids is 1. The van der Waals surface area contributed by atoms with Crippen LogP contribution in [0.1, 0.15) is 51.5 Å². The molecule has 0 bridgehead atoms. The second-order valence-corrected chi connectivity index (χ2v) is 12.5. The zero-order valence-corrected chi connectivity index (χ0v) is 25.0. The molecule has 1 atom stereocenters. The fourth-order valence-electron chi connectivity index (χ4n) is 5.33. The zero-order chi connectivity index (χ0) is 33.0. The van der Waals surface area contributed by atoms with E-state index in [4.69, 9.17) is 9.47 Å². The normalized spacial score (nSPS) is 16.3. The van der Waals surface area contributed by atoms with Gasteiger partial charge in [-0.1, -0.05) is 13.8 Å². The number of aromatic nitrogens is 4. The van der Waals surface area contributed by atoms with Crippen LogP contribution in [0.25, 0.3) is 22.3 Å². The van der Waals surface area contributed by atoms with Gasteiger partial charge in [0, 0.05) is 17.4 Å². The molecule has 1 saturated heterocycles. The second-order valence-electron chi connectivity index (χ2n) is 11.4. The molecule has 0 saturated carbocycles. The topological polar surface area (TPSA) is 99.4 Å². The maximum Gasteiger partial charge on any atom is 0.427 e. The maximum atomic E-state index is 15.6. The molecule has 1 aliphatic rings. The molecule has 4 heterocycles. The Morgan fingerprint density at radius 3 is 2.54 bits per heavy atom. The number of carboxylic acid groups (broad SMARTS) is 1. The van der Waals surface area contributed by atoms with Gasteiger partial charge in [-0.15, -0.1) is 11.3 Å². The molecule has 46 heavy (non-hydrogen) atoms. The Kier molecular flexibility index (Phi) is 8.01. The van der Waals surface area contributed by atoms with Crippen LogP contribution in [0, 0.1) is 22.9 Å². The van der Waals surface area contributed by atoms with E-state index in [-0.39, 0.29) is 45.3 Å². The fraction of sp³-hybridized carbons (Fsp3) is 0.290. The Morgan fingerprint density at radius 1 is 1.09 bits per heavy atom. The van der Waals surface area contributed by atoms with Crippen molar-refractivity contribution in [2.24, 2.45) is 5.41 Å². The lowest BCUT2D eigenvalue weighted by molar-refractivity contribution is -0.134. The number of fused-ring (bicyclic) bond motifs is 1. The van der Waals surface area contributed by atoms with Crippen LogP contribution in [0.4, 0.5) is 26.3 Å². The van der Waals surface area contributed by atoms with Crippen molar-refractivity contribution >= 4 is 28.3 Å². The summed E-state index contributed by atoms with van der Waals surface area (Å²) in [6, 6.07) is 8.13. The number of imidazole rings is 1. The number of pyridine rings is 1. The van der Waals surface area contributed by atoms with E-state index in [1.807, 2.05) is 18.4 Å². The van der Waals surface area contributed by atoms with Gasteiger partial charge in [0.2, 0.25) is 0 Å². The van der Waals surface area contributed by atoms with Gasteiger partial charge in [-0.25, -0.2) is 32.9 Å². The monoisotopic (exact) mass is 662 g/mol. The van der Waals surface area contributed by atoms with Crippen molar-refractivity contribution in [3.8, 4) is 17.1 Å². The number of nitrogens with zero attached hydrogens (tertiary/aromatic N) is 4. The van der Waals surface area contributed by atoms with Crippen molar-refractivity contribution in [1.82, 2.24) is 19.5 Å². The van der Waals surface area contributed by atoms with Crippen LogP contribution in [-0.2, 0) is 23.9 Å². The highest BCUT2D eigenvalue weighted by Gasteiger charge is 2.39. The van der Waals surface area contributed by atoms with E-state index in [2.05, 4.69) is 15.0 Å². The zero-order valence-electron chi connectivity index (χ0n) is 24.2. The third-order valence-corrected chi connectivity index (χ3v) is 8.73. The molecule has 1 fully saturated rings. The third-order valence-electron chi connectivity index (χ3n) is 7.71. The second kappa shape index (κ2) is 11.7. The number of rotatable bonds is 8. The van der Waals surface area contributed by atoms with E-state index in [1.54, 1.807) is 6.07 Å². The summed E-state index contributed by atoms with van der Waals surface area (Å²) in [5.41, 5.74) is 0.158. The molecule has 1 aliphatic heterocycles. The number of benzene rings is 2. The molecule has 5 aromatic rings. The van der Waals surface area contributed by atoms with Gasteiger partial charge in [-0.3, -0.25) is 0 Å². The summed E-state index contributed by atoms with van der Waals surface area (Å²) in [6.45, 7) is 4.19. The molecule has 1 N–H and O–H groups in total. The average molecular weight is 663 g/mol. The SMILES string of the molecule is CC1(C)COC[C@H]1n1c(Cc2cc(F)c(-c3ccc(F)c(OCc4ncc(C(F)(F)F)s4)n3)cc2F)nc2ccc(C(=O)O)cc21. The Bertz CT molecular complexity index is 1970. The number of ether oxygens (including phenoxy) is 2. The van der Waals surface area contributed by atoms with Crippen molar-refractivity contribution < 1.29 is 45.7 Å². The molecule has 6 rings (SSSR count). The van der Waals surface area contributed by atoms with E-state index in [0.717, 1.165) is 24.3 Å². The molecule has 0 aliphatic carbocycles. The molecule has 0 amide bonds.